The Morgan fingerprint density at radius 3 is 2.42 bits per heavy atom. The first-order chi connectivity index (χ1) is 12.6. The highest BCUT2D eigenvalue weighted by Crippen LogP contribution is 2.17. The van der Waals surface area contributed by atoms with Crippen LogP contribution in [0.15, 0.2) is 66.9 Å². The van der Waals surface area contributed by atoms with Gasteiger partial charge in [0.25, 0.3) is 0 Å². The average molecular weight is 386 g/mol. The van der Waals surface area contributed by atoms with Gasteiger partial charge in [0, 0.05) is 16.6 Å². The Labute approximate surface area is 162 Å². The van der Waals surface area contributed by atoms with Crippen LogP contribution in [0.25, 0.3) is 0 Å². The molecule has 6 heteroatoms. The number of halogens is 2. The summed E-state index contributed by atoms with van der Waals surface area (Å²) in [7, 11) is 0. The number of aromatic nitrogens is 1. The van der Waals surface area contributed by atoms with Gasteiger partial charge in [-0.3, -0.25) is 4.79 Å². The summed E-state index contributed by atoms with van der Waals surface area (Å²) in [5, 5.41) is 7.40. The zero-order valence-corrected chi connectivity index (χ0v) is 15.4. The molecule has 0 radical (unpaired) electrons. The highest BCUT2D eigenvalue weighted by Gasteiger charge is 2.05. The van der Waals surface area contributed by atoms with E-state index < -0.39 is 0 Å². The number of amides is 1. The van der Waals surface area contributed by atoms with E-state index in [1.807, 2.05) is 48.5 Å². The molecule has 0 saturated carbocycles. The molecule has 1 aromatic heterocycles. The number of rotatable bonds is 6. The van der Waals surface area contributed by atoms with E-state index in [0.717, 1.165) is 11.1 Å². The molecule has 3 aromatic rings. The molecule has 1 heterocycles. The number of nitrogens with one attached hydrogen (secondary N) is 2. The van der Waals surface area contributed by atoms with Crippen molar-refractivity contribution in [2.24, 2.45) is 0 Å². The molecule has 0 spiro atoms. The lowest BCUT2D eigenvalue weighted by molar-refractivity contribution is -0.115. The number of nitrogens with zero attached hydrogens (tertiary/aromatic N) is 1. The fraction of sp³-hybridized carbons (Fsp3) is 0.100. The zero-order valence-electron chi connectivity index (χ0n) is 13.9. The number of hydrogen-bond donors (Lipinski definition) is 2. The largest absolute Gasteiger partial charge is 0.366 e. The summed E-state index contributed by atoms with van der Waals surface area (Å²) in [6, 6.07) is 18.5. The molecule has 0 aliphatic carbocycles. The molecular formula is C20H17Cl2N3O. The molecule has 0 unspecified atom stereocenters. The Balaban J connectivity index is 1.53. The van der Waals surface area contributed by atoms with Crippen molar-refractivity contribution in [3.63, 3.8) is 0 Å². The lowest BCUT2D eigenvalue weighted by atomic mass is 10.1. The monoisotopic (exact) mass is 385 g/mol. The summed E-state index contributed by atoms with van der Waals surface area (Å²) in [5.41, 5.74) is 2.54. The molecule has 26 heavy (non-hydrogen) atoms. The van der Waals surface area contributed by atoms with Gasteiger partial charge in [0.2, 0.25) is 5.91 Å². The third kappa shape index (κ3) is 5.22. The molecule has 0 aliphatic heterocycles. The minimum Gasteiger partial charge on any atom is -0.366 e. The molecule has 0 aliphatic rings. The lowest BCUT2D eigenvalue weighted by Crippen LogP contribution is -2.14. The van der Waals surface area contributed by atoms with Gasteiger partial charge in [-0.1, -0.05) is 53.5 Å². The van der Waals surface area contributed by atoms with Gasteiger partial charge >= 0.3 is 0 Å². The molecule has 0 bridgehead atoms. The second kappa shape index (κ2) is 8.70. The van der Waals surface area contributed by atoms with Gasteiger partial charge in [-0.25, -0.2) is 4.98 Å². The van der Waals surface area contributed by atoms with Crippen LogP contribution in [0.5, 0.6) is 0 Å². The lowest BCUT2D eigenvalue weighted by Gasteiger charge is -2.09. The van der Waals surface area contributed by atoms with Gasteiger partial charge in [0.05, 0.1) is 18.3 Å². The van der Waals surface area contributed by atoms with E-state index >= 15 is 0 Å². The van der Waals surface area contributed by atoms with Gasteiger partial charge in [-0.2, -0.15) is 0 Å². The Bertz CT molecular complexity index is 880. The van der Waals surface area contributed by atoms with E-state index in [1.165, 1.54) is 0 Å². The number of carbonyl (C=O) groups is 1. The molecule has 1 amide bonds. The quantitative estimate of drug-likeness (QED) is 0.614. The summed E-state index contributed by atoms with van der Waals surface area (Å²) >= 11 is 12.0. The smallest absolute Gasteiger partial charge is 0.228 e. The van der Waals surface area contributed by atoms with Gasteiger partial charge in [0.15, 0.2) is 0 Å². The van der Waals surface area contributed by atoms with E-state index in [1.54, 1.807) is 18.3 Å². The van der Waals surface area contributed by atoms with Crippen molar-refractivity contribution in [2.75, 3.05) is 10.6 Å². The third-order valence-electron chi connectivity index (χ3n) is 3.74. The molecule has 2 N–H and O–H groups in total. The number of carbonyl (C=O) groups excluding carboxylic acids is 1. The molecular weight excluding hydrogens is 369 g/mol. The Hall–Kier alpha value is -2.56. The first kappa shape index (κ1) is 18.2. The maximum atomic E-state index is 12.1. The van der Waals surface area contributed by atoms with E-state index in [9.17, 15) is 4.79 Å². The molecule has 0 fully saturated rings. The van der Waals surface area contributed by atoms with E-state index in [4.69, 9.17) is 23.2 Å². The van der Waals surface area contributed by atoms with Gasteiger partial charge in [-0.15, -0.1) is 0 Å². The van der Waals surface area contributed by atoms with Crippen LogP contribution in [0.4, 0.5) is 11.5 Å². The normalized spacial score (nSPS) is 10.4. The highest BCUT2D eigenvalue weighted by atomic mass is 35.5. The maximum Gasteiger partial charge on any atom is 0.228 e. The van der Waals surface area contributed by atoms with Crippen molar-refractivity contribution in [1.29, 1.82) is 0 Å². The number of hydrogen-bond acceptors (Lipinski definition) is 3. The van der Waals surface area contributed by atoms with Crippen LogP contribution in [-0.2, 0) is 17.8 Å². The van der Waals surface area contributed by atoms with Gasteiger partial charge < -0.3 is 10.6 Å². The predicted molar refractivity (Wildman–Crippen MR) is 107 cm³/mol. The summed E-state index contributed by atoms with van der Waals surface area (Å²) < 4.78 is 0. The Kier molecular flexibility index (Phi) is 6.10. The molecule has 4 nitrogen and oxygen atoms in total. The maximum absolute atomic E-state index is 12.1. The van der Waals surface area contributed by atoms with Gasteiger partial charge in [0.1, 0.15) is 5.82 Å². The summed E-state index contributed by atoms with van der Waals surface area (Å²) in [5.74, 6) is 0.603. The van der Waals surface area contributed by atoms with Crippen LogP contribution < -0.4 is 10.6 Å². The molecule has 3 rings (SSSR count). The minimum atomic E-state index is -0.106. The fourth-order valence-corrected chi connectivity index (χ4v) is 2.72. The summed E-state index contributed by atoms with van der Waals surface area (Å²) in [6.45, 7) is 0.578. The highest BCUT2D eigenvalue weighted by molar-refractivity contribution is 6.31. The van der Waals surface area contributed by atoms with E-state index in [-0.39, 0.29) is 12.3 Å². The van der Waals surface area contributed by atoms with Crippen LogP contribution in [0.2, 0.25) is 10.0 Å². The molecule has 0 saturated heterocycles. The fourth-order valence-electron chi connectivity index (χ4n) is 2.39. The topological polar surface area (TPSA) is 54.0 Å². The van der Waals surface area contributed by atoms with Crippen molar-refractivity contribution in [2.45, 2.75) is 13.0 Å². The van der Waals surface area contributed by atoms with Crippen LogP contribution in [0.1, 0.15) is 11.1 Å². The Morgan fingerprint density at radius 1 is 0.962 bits per heavy atom. The van der Waals surface area contributed by atoms with Crippen LogP contribution in [0, 0.1) is 0 Å². The zero-order chi connectivity index (χ0) is 18.4. The van der Waals surface area contributed by atoms with Crippen molar-refractivity contribution in [3.8, 4) is 0 Å². The van der Waals surface area contributed by atoms with Crippen molar-refractivity contribution in [3.05, 3.63) is 88.0 Å². The van der Waals surface area contributed by atoms with Crippen molar-refractivity contribution >= 4 is 40.6 Å². The molecule has 2 aromatic carbocycles. The first-order valence-corrected chi connectivity index (χ1v) is 8.83. The van der Waals surface area contributed by atoms with E-state index in [0.29, 0.717) is 28.1 Å². The van der Waals surface area contributed by atoms with Crippen LogP contribution >= 0.6 is 23.2 Å². The summed E-state index contributed by atoms with van der Waals surface area (Å²) in [6.07, 6.45) is 1.90. The SMILES string of the molecule is O=C(Cc1ccc(Cl)cc1)Nc1ccc(NCc2ccccc2Cl)nc1. The second-order valence-corrected chi connectivity index (χ2v) is 6.57. The van der Waals surface area contributed by atoms with Crippen molar-refractivity contribution in [1.82, 2.24) is 4.98 Å². The van der Waals surface area contributed by atoms with Crippen LogP contribution in [-0.4, -0.2) is 10.9 Å². The predicted octanol–water partition coefficient (Wildman–Crippen LogP) is 5.18. The third-order valence-corrected chi connectivity index (χ3v) is 4.36. The van der Waals surface area contributed by atoms with Gasteiger partial charge in [-0.05, 0) is 41.5 Å². The number of anilines is 2. The Morgan fingerprint density at radius 2 is 1.73 bits per heavy atom. The minimum absolute atomic E-state index is 0.106. The first-order valence-electron chi connectivity index (χ1n) is 8.08. The average Bonchev–Trinajstić information content (AvgIpc) is 2.64. The second-order valence-electron chi connectivity index (χ2n) is 5.73. The number of pyridine rings is 1. The van der Waals surface area contributed by atoms with E-state index in [2.05, 4.69) is 15.6 Å². The van der Waals surface area contributed by atoms with Crippen LogP contribution in [0.3, 0.4) is 0 Å². The molecule has 132 valence electrons. The summed E-state index contributed by atoms with van der Waals surface area (Å²) in [4.78, 5) is 16.4. The number of benzene rings is 2. The standard InChI is InChI=1S/C20H17Cl2N3O/c21-16-7-5-14(6-8-16)11-20(26)25-17-9-10-19(24-13-17)23-12-15-3-1-2-4-18(15)22/h1-10,13H,11-12H2,(H,23,24)(H,25,26). The molecule has 0 atom stereocenters. The van der Waals surface area contributed by atoms with Crippen molar-refractivity contribution < 1.29 is 4.79 Å².